The van der Waals surface area contributed by atoms with E-state index in [4.69, 9.17) is 14.2 Å². The molecule has 0 spiro atoms. The second-order valence-corrected chi connectivity index (χ2v) is 7.42. The van der Waals surface area contributed by atoms with Gasteiger partial charge in [-0.3, -0.25) is 4.79 Å². The van der Waals surface area contributed by atoms with E-state index in [1.165, 1.54) is 26.5 Å². The molecule has 0 saturated heterocycles. The predicted octanol–water partition coefficient (Wildman–Crippen LogP) is 4.95. The van der Waals surface area contributed by atoms with Gasteiger partial charge in [0.2, 0.25) is 0 Å². The van der Waals surface area contributed by atoms with E-state index in [9.17, 15) is 18.4 Å². The van der Waals surface area contributed by atoms with Gasteiger partial charge in [0.05, 0.1) is 25.8 Å². The second-order valence-electron chi connectivity index (χ2n) is 7.42. The summed E-state index contributed by atoms with van der Waals surface area (Å²) in [7, 11) is 2.93. The molecule has 0 aliphatic carbocycles. The Kier molecular flexibility index (Phi) is 7.52. The van der Waals surface area contributed by atoms with Crippen molar-refractivity contribution >= 4 is 16.9 Å². The minimum Gasteiger partial charge on any atom is -0.493 e. The molecule has 0 unspecified atom stereocenters. The van der Waals surface area contributed by atoms with Gasteiger partial charge in [-0.1, -0.05) is 19.9 Å². The van der Waals surface area contributed by atoms with Crippen LogP contribution in [0.3, 0.4) is 0 Å². The highest BCUT2D eigenvalue weighted by Crippen LogP contribution is 2.35. The average molecular weight is 460 g/mol. The first-order valence-electron chi connectivity index (χ1n) is 10.5. The number of carbonyl (C=O) groups excluding carboxylic acids is 1. The fourth-order valence-electron chi connectivity index (χ4n) is 3.65. The molecule has 176 valence electrons. The van der Waals surface area contributed by atoms with Crippen molar-refractivity contribution in [2.45, 2.75) is 39.3 Å². The van der Waals surface area contributed by atoms with Gasteiger partial charge in [-0.15, -0.1) is 0 Å². The van der Waals surface area contributed by atoms with Crippen molar-refractivity contribution in [2.24, 2.45) is 0 Å². The van der Waals surface area contributed by atoms with Gasteiger partial charge >= 0.3 is 6.09 Å². The van der Waals surface area contributed by atoms with Crippen molar-refractivity contribution in [3.05, 3.63) is 64.1 Å². The average Bonchev–Trinajstić information content (AvgIpc) is 2.82. The third kappa shape index (κ3) is 5.08. The van der Waals surface area contributed by atoms with Crippen LogP contribution in [0.1, 0.15) is 38.3 Å². The lowest BCUT2D eigenvalue weighted by molar-refractivity contribution is 0.200. The number of carbonyl (C=O) groups is 1. The van der Waals surface area contributed by atoms with Gasteiger partial charge in [-0.25, -0.2) is 13.6 Å². The van der Waals surface area contributed by atoms with Crippen LogP contribution < -0.4 is 25.1 Å². The summed E-state index contributed by atoms with van der Waals surface area (Å²) in [4.78, 5) is 25.7. The molecule has 0 aliphatic rings. The molecule has 1 heterocycles. The SMILES string of the molecule is CCC(CC)n1cc(OC(=O)NCc2ccc(F)c(F)c2)c2cc(OC)c(OC)cc2c1=O. The summed E-state index contributed by atoms with van der Waals surface area (Å²) in [6, 6.07) is 6.37. The van der Waals surface area contributed by atoms with E-state index in [0.29, 0.717) is 40.7 Å². The fourth-order valence-corrected chi connectivity index (χ4v) is 3.65. The van der Waals surface area contributed by atoms with Crippen LogP contribution in [-0.4, -0.2) is 24.9 Å². The Labute approximate surface area is 189 Å². The van der Waals surface area contributed by atoms with Crippen molar-refractivity contribution in [2.75, 3.05) is 14.2 Å². The molecule has 1 N–H and O–H groups in total. The summed E-state index contributed by atoms with van der Waals surface area (Å²) in [6.45, 7) is 3.86. The lowest BCUT2D eigenvalue weighted by atomic mass is 10.1. The number of rotatable bonds is 8. The molecule has 7 nitrogen and oxygen atoms in total. The molecule has 0 fully saturated rings. The largest absolute Gasteiger partial charge is 0.493 e. The minimum atomic E-state index is -1.01. The van der Waals surface area contributed by atoms with Gasteiger partial charge in [0.25, 0.3) is 5.56 Å². The Balaban J connectivity index is 2.00. The van der Waals surface area contributed by atoms with E-state index >= 15 is 0 Å². The summed E-state index contributed by atoms with van der Waals surface area (Å²) in [5.41, 5.74) is 0.123. The molecule has 3 aromatic rings. The first-order valence-corrected chi connectivity index (χ1v) is 10.5. The number of nitrogens with zero attached hydrogens (tertiary/aromatic N) is 1. The van der Waals surface area contributed by atoms with E-state index in [1.54, 1.807) is 16.7 Å². The van der Waals surface area contributed by atoms with Crippen molar-refractivity contribution in [1.82, 2.24) is 9.88 Å². The summed E-state index contributed by atoms with van der Waals surface area (Å²) >= 11 is 0. The standard InChI is InChI=1S/C24H26F2N2O5/c1-5-15(6-2)28-13-22(16-10-20(31-3)21(32-4)11-17(16)23(28)29)33-24(30)27-12-14-7-8-18(25)19(26)9-14/h7-11,13,15H,5-6,12H2,1-4H3,(H,27,30). The number of benzene rings is 2. The number of pyridine rings is 1. The Morgan fingerprint density at radius 3 is 2.18 bits per heavy atom. The highest BCUT2D eigenvalue weighted by atomic mass is 19.2. The molecule has 0 atom stereocenters. The smallest absolute Gasteiger partial charge is 0.412 e. The van der Waals surface area contributed by atoms with Crippen molar-refractivity contribution < 1.29 is 27.8 Å². The third-order valence-corrected chi connectivity index (χ3v) is 5.47. The second kappa shape index (κ2) is 10.3. The molecule has 0 radical (unpaired) electrons. The van der Waals surface area contributed by atoms with E-state index < -0.39 is 17.7 Å². The number of ether oxygens (including phenoxy) is 3. The molecule has 1 aromatic heterocycles. The van der Waals surface area contributed by atoms with Gasteiger partial charge in [0.15, 0.2) is 28.9 Å². The predicted molar refractivity (Wildman–Crippen MR) is 120 cm³/mol. The molecule has 33 heavy (non-hydrogen) atoms. The Morgan fingerprint density at radius 2 is 1.61 bits per heavy atom. The first-order chi connectivity index (χ1) is 15.8. The topological polar surface area (TPSA) is 78.8 Å². The van der Waals surface area contributed by atoms with Crippen LogP contribution in [-0.2, 0) is 6.54 Å². The maximum absolute atomic E-state index is 13.4. The summed E-state index contributed by atoms with van der Waals surface area (Å²) in [5, 5.41) is 3.20. The number of hydrogen-bond acceptors (Lipinski definition) is 5. The van der Waals surface area contributed by atoms with Gasteiger partial charge in [-0.2, -0.15) is 0 Å². The van der Waals surface area contributed by atoms with Crippen LogP contribution in [0.5, 0.6) is 17.2 Å². The number of amides is 1. The van der Waals surface area contributed by atoms with Gasteiger partial charge < -0.3 is 24.1 Å². The molecule has 0 bridgehead atoms. The van der Waals surface area contributed by atoms with Crippen LogP contribution in [0.25, 0.3) is 10.8 Å². The van der Waals surface area contributed by atoms with Crippen LogP contribution in [0.4, 0.5) is 13.6 Å². The molecule has 0 saturated carbocycles. The summed E-state index contributed by atoms with van der Waals surface area (Å²) in [5.74, 6) is -1.08. The zero-order valence-electron chi connectivity index (χ0n) is 18.9. The monoisotopic (exact) mass is 460 g/mol. The fraction of sp³-hybridized carbons (Fsp3) is 0.333. The first kappa shape index (κ1) is 24.0. The number of methoxy groups -OCH3 is 2. The van der Waals surface area contributed by atoms with Gasteiger partial charge in [0.1, 0.15) is 0 Å². The third-order valence-electron chi connectivity index (χ3n) is 5.47. The van der Waals surface area contributed by atoms with Crippen LogP contribution >= 0.6 is 0 Å². The maximum Gasteiger partial charge on any atom is 0.412 e. The molecule has 3 rings (SSSR count). The van der Waals surface area contributed by atoms with E-state index in [1.807, 2.05) is 13.8 Å². The summed E-state index contributed by atoms with van der Waals surface area (Å²) < 4.78 is 44.3. The maximum atomic E-state index is 13.4. The highest BCUT2D eigenvalue weighted by Gasteiger charge is 2.19. The molecular formula is C24H26F2N2O5. The van der Waals surface area contributed by atoms with E-state index in [-0.39, 0.29) is 23.9 Å². The van der Waals surface area contributed by atoms with Crippen LogP contribution in [0.15, 0.2) is 41.3 Å². The Hall–Kier alpha value is -3.62. The van der Waals surface area contributed by atoms with Crippen molar-refractivity contribution in [3.63, 3.8) is 0 Å². The number of aromatic nitrogens is 1. The van der Waals surface area contributed by atoms with E-state index in [0.717, 1.165) is 12.1 Å². The molecule has 1 amide bonds. The number of halogens is 2. The molecule has 9 heteroatoms. The lowest BCUT2D eigenvalue weighted by Crippen LogP contribution is -2.28. The molecule has 0 aliphatic heterocycles. The Bertz CT molecular complexity index is 1220. The van der Waals surface area contributed by atoms with Crippen LogP contribution in [0.2, 0.25) is 0 Å². The highest BCUT2D eigenvalue weighted by molar-refractivity contribution is 5.92. The zero-order valence-corrected chi connectivity index (χ0v) is 18.9. The molecule has 2 aromatic carbocycles. The minimum absolute atomic E-state index is 0.0721. The van der Waals surface area contributed by atoms with Crippen LogP contribution in [0, 0.1) is 11.6 Å². The quantitative estimate of drug-likeness (QED) is 0.515. The van der Waals surface area contributed by atoms with Gasteiger partial charge in [0, 0.05) is 18.0 Å². The number of hydrogen-bond donors (Lipinski definition) is 1. The number of fused-ring (bicyclic) bond motifs is 1. The van der Waals surface area contributed by atoms with Crippen molar-refractivity contribution in [1.29, 1.82) is 0 Å². The van der Waals surface area contributed by atoms with Crippen molar-refractivity contribution in [3.8, 4) is 17.2 Å². The lowest BCUT2D eigenvalue weighted by Gasteiger charge is -2.20. The number of nitrogens with one attached hydrogen (secondary N) is 1. The van der Waals surface area contributed by atoms with E-state index in [2.05, 4.69) is 5.32 Å². The zero-order chi connectivity index (χ0) is 24.1. The normalized spacial score (nSPS) is 11.0. The molecular weight excluding hydrogens is 434 g/mol. The van der Waals surface area contributed by atoms with Gasteiger partial charge in [-0.05, 0) is 42.7 Å². The Morgan fingerprint density at radius 1 is 0.970 bits per heavy atom. The summed E-state index contributed by atoms with van der Waals surface area (Å²) in [6.07, 6.45) is 2.10.